The number of nitrogens with zero attached hydrogens (tertiary/aromatic N) is 1. The fourth-order valence-corrected chi connectivity index (χ4v) is 5.33. The Balaban J connectivity index is 1.62. The van der Waals surface area contributed by atoms with Crippen LogP contribution in [0.4, 0.5) is 5.69 Å². The molecule has 2 nitrogen and oxygen atoms in total. The van der Waals surface area contributed by atoms with Gasteiger partial charge in [-0.15, -0.1) is 0 Å². The molecule has 0 aromatic heterocycles. The maximum Gasteiger partial charge on any atom is 0.0991 e. The van der Waals surface area contributed by atoms with Crippen molar-refractivity contribution < 1.29 is 0 Å². The molecule has 138 valence electrons. The van der Waals surface area contributed by atoms with Gasteiger partial charge < -0.3 is 5.32 Å². The predicted octanol–water partition coefficient (Wildman–Crippen LogP) is 6.69. The third kappa shape index (κ3) is 2.41. The molecule has 2 heteroatoms. The van der Waals surface area contributed by atoms with Gasteiger partial charge in [0.25, 0.3) is 0 Å². The van der Waals surface area contributed by atoms with Crippen LogP contribution < -0.4 is 5.32 Å². The highest BCUT2D eigenvalue weighted by Crippen LogP contribution is 2.52. The lowest BCUT2D eigenvalue weighted by Gasteiger charge is -2.38. The van der Waals surface area contributed by atoms with E-state index in [0.29, 0.717) is 11.8 Å². The van der Waals surface area contributed by atoms with Crippen LogP contribution in [0.2, 0.25) is 0 Å². The SMILES string of the molecule is N#Cc1ccc2c(c1)C1C=CCC1C(c1c3ccccc3cc3ccccc13)N2. The van der Waals surface area contributed by atoms with Crippen LogP contribution in [0.15, 0.2) is 84.9 Å². The molecule has 4 aromatic rings. The lowest BCUT2D eigenvalue weighted by atomic mass is 9.75. The molecule has 3 atom stereocenters. The molecule has 1 heterocycles. The minimum absolute atomic E-state index is 0.228. The van der Waals surface area contributed by atoms with Gasteiger partial charge in [0.05, 0.1) is 17.7 Å². The van der Waals surface area contributed by atoms with Crippen molar-refractivity contribution in [3.63, 3.8) is 0 Å². The summed E-state index contributed by atoms with van der Waals surface area (Å²) in [4.78, 5) is 0. The van der Waals surface area contributed by atoms with E-state index in [9.17, 15) is 5.26 Å². The van der Waals surface area contributed by atoms with Crippen molar-refractivity contribution in [3.05, 3.63) is 102 Å². The van der Waals surface area contributed by atoms with E-state index in [1.165, 1.54) is 32.7 Å². The van der Waals surface area contributed by atoms with Crippen LogP contribution in [-0.2, 0) is 0 Å². The highest BCUT2D eigenvalue weighted by atomic mass is 15.0. The fourth-order valence-electron chi connectivity index (χ4n) is 5.33. The van der Waals surface area contributed by atoms with Crippen LogP contribution >= 0.6 is 0 Å². The number of fused-ring (bicyclic) bond motifs is 5. The number of anilines is 1. The van der Waals surface area contributed by atoms with Crippen LogP contribution in [0.3, 0.4) is 0 Å². The maximum absolute atomic E-state index is 9.36. The topological polar surface area (TPSA) is 35.8 Å². The summed E-state index contributed by atoms with van der Waals surface area (Å²) in [6.45, 7) is 0. The van der Waals surface area contributed by atoms with E-state index in [0.717, 1.165) is 17.7 Å². The third-order valence-electron chi connectivity index (χ3n) is 6.62. The number of allylic oxidation sites excluding steroid dienone is 2. The molecule has 0 radical (unpaired) electrons. The zero-order valence-corrected chi connectivity index (χ0v) is 16.0. The van der Waals surface area contributed by atoms with Gasteiger partial charge >= 0.3 is 0 Å². The molecule has 3 unspecified atom stereocenters. The molecule has 0 bridgehead atoms. The van der Waals surface area contributed by atoms with Crippen molar-refractivity contribution in [1.29, 1.82) is 5.26 Å². The average Bonchev–Trinajstić information content (AvgIpc) is 3.27. The summed E-state index contributed by atoms with van der Waals surface area (Å²) in [6.07, 6.45) is 5.70. The summed E-state index contributed by atoms with van der Waals surface area (Å²) in [7, 11) is 0. The van der Waals surface area contributed by atoms with Gasteiger partial charge in [0.2, 0.25) is 0 Å². The molecule has 4 aromatic carbocycles. The molecule has 0 amide bonds. The van der Waals surface area contributed by atoms with Crippen LogP contribution in [0.1, 0.15) is 35.1 Å². The van der Waals surface area contributed by atoms with Crippen LogP contribution in [0.5, 0.6) is 0 Å². The number of nitriles is 1. The number of hydrogen-bond donors (Lipinski definition) is 1. The van der Waals surface area contributed by atoms with Gasteiger partial charge in [-0.25, -0.2) is 0 Å². The van der Waals surface area contributed by atoms with Gasteiger partial charge in [-0.05, 0) is 69.3 Å². The first-order chi connectivity index (χ1) is 14.3. The van der Waals surface area contributed by atoms with Gasteiger partial charge in [0, 0.05) is 11.6 Å². The summed E-state index contributed by atoms with van der Waals surface area (Å²) in [5, 5.41) is 18.5. The van der Waals surface area contributed by atoms with Crippen LogP contribution in [0, 0.1) is 17.2 Å². The summed E-state index contributed by atoms with van der Waals surface area (Å²) in [6, 6.07) is 28.3. The van der Waals surface area contributed by atoms with E-state index >= 15 is 0 Å². The van der Waals surface area contributed by atoms with Crippen molar-refractivity contribution >= 4 is 27.2 Å². The van der Waals surface area contributed by atoms with E-state index in [1.807, 2.05) is 6.07 Å². The predicted molar refractivity (Wildman–Crippen MR) is 119 cm³/mol. The summed E-state index contributed by atoms with van der Waals surface area (Å²) in [5.74, 6) is 0.799. The van der Waals surface area contributed by atoms with E-state index in [2.05, 4.69) is 90.3 Å². The number of rotatable bonds is 1. The number of nitrogens with one attached hydrogen (secondary N) is 1. The molecule has 1 N–H and O–H groups in total. The molecule has 0 spiro atoms. The van der Waals surface area contributed by atoms with E-state index in [1.54, 1.807) is 0 Å². The van der Waals surface area contributed by atoms with Gasteiger partial charge in [0.1, 0.15) is 0 Å². The quantitative estimate of drug-likeness (QED) is 0.298. The molecule has 1 aliphatic carbocycles. The lowest BCUT2D eigenvalue weighted by Crippen LogP contribution is -2.29. The smallest absolute Gasteiger partial charge is 0.0991 e. The molecule has 0 fully saturated rings. The average molecular weight is 372 g/mol. The maximum atomic E-state index is 9.36. The van der Waals surface area contributed by atoms with E-state index in [4.69, 9.17) is 0 Å². The van der Waals surface area contributed by atoms with E-state index < -0.39 is 0 Å². The van der Waals surface area contributed by atoms with Crippen molar-refractivity contribution in [2.75, 3.05) is 5.32 Å². The highest BCUT2D eigenvalue weighted by Gasteiger charge is 2.39. The first-order valence-corrected chi connectivity index (χ1v) is 10.2. The second-order valence-corrected chi connectivity index (χ2v) is 8.12. The lowest BCUT2D eigenvalue weighted by molar-refractivity contribution is 0.429. The molecule has 0 saturated heterocycles. The Morgan fingerprint density at radius 3 is 2.31 bits per heavy atom. The summed E-state index contributed by atoms with van der Waals surface area (Å²) in [5.41, 5.74) is 4.54. The first-order valence-electron chi connectivity index (χ1n) is 10.2. The zero-order valence-electron chi connectivity index (χ0n) is 16.0. The minimum Gasteiger partial charge on any atom is -0.378 e. The fraction of sp³-hybridized carbons (Fsp3) is 0.148. The minimum atomic E-state index is 0.228. The second-order valence-electron chi connectivity index (χ2n) is 8.12. The Labute approximate surface area is 170 Å². The van der Waals surface area contributed by atoms with Crippen molar-refractivity contribution in [1.82, 2.24) is 0 Å². The Morgan fingerprint density at radius 2 is 1.59 bits per heavy atom. The standard InChI is InChI=1S/C27H20N2/c28-16-17-12-13-25-24(14-17)22-10-5-11-23(22)27(29-25)26-20-8-3-1-6-18(20)15-19-7-2-4-9-21(19)26/h1-10,12-15,22-23,27,29H,11H2. The Kier molecular flexibility index (Phi) is 3.52. The highest BCUT2D eigenvalue weighted by molar-refractivity contribution is 6.03. The molecular formula is C27H20N2. The van der Waals surface area contributed by atoms with Crippen LogP contribution in [0.25, 0.3) is 21.5 Å². The molecule has 1 aliphatic heterocycles. The Hall–Kier alpha value is -3.57. The first kappa shape index (κ1) is 16.4. The number of hydrogen-bond acceptors (Lipinski definition) is 2. The van der Waals surface area contributed by atoms with Gasteiger partial charge in [-0.3, -0.25) is 0 Å². The Morgan fingerprint density at radius 1 is 0.862 bits per heavy atom. The molecule has 2 aliphatic rings. The van der Waals surface area contributed by atoms with Gasteiger partial charge in [-0.2, -0.15) is 5.26 Å². The van der Waals surface area contributed by atoms with Crippen molar-refractivity contribution in [3.8, 4) is 6.07 Å². The third-order valence-corrected chi connectivity index (χ3v) is 6.62. The zero-order chi connectivity index (χ0) is 19.4. The van der Waals surface area contributed by atoms with Crippen molar-refractivity contribution in [2.24, 2.45) is 5.92 Å². The Bertz CT molecular complexity index is 1290. The number of benzene rings is 4. The molecule has 0 saturated carbocycles. The van der Waals surface area contributed by atoms with Gasteiger partial charge in [-0.1, -0.05) is 60.7 Å². The normalized spacial score (nSPS) is 22.1. The molecule has 6 rings (SSSR count). The molecule has 29 heavy (non-hydrogen) atoms. The largest absolute Gasteiger partial charge is 0.378 e. The van der Waals surface area contributed by atoms with E-state index in [-0.39, 0.29) is 6.04 Å². The summed E-state index contributed by atoms with van der Waals surface area (Å²) >= 11 is 0. The van der Waals surface area contributed by atoms with Crippen LogP contribution in [-0.4, -0.2) is 0 Å². The second kappa shape index (κ2) is 6.22. The van der Waals surface area contributed by atoms with Crippen molar-refractivity contribution in [2.45, 2.75) is 18.4 Å². The van der Waals surface area contributed by atoms with Gasteiger partial charge in [0.15, 0.2) is 0 Å². The monoisotopic (exact) mass is 372 g/mol. The summed E-state index contributed by atoms with van der Waals surface area (Å²) < 4.78 is 0. The molecular weight excluding hydrogens is 352 g/mol.